The van der Waals surface area contributed by atoms with Crippen LogP contribution in [0.2, 0.25) is 0 Å². The summed E-state index contributed by atoms with van der Waals surface area (Å²) in [7, 11) is 0. The van der Waals surface area contributed by atoms with Crippen molar-refractivity contribution in [1.29, 1.82) is 0 Å². The monoisotopic (exact) mass is 253 g/mol. The fourth-order valence-corrected chi connectivity index (χ4v) is 2.33. The van der Waals surface area contributed by atoms with Crippen molar-refractivity contribution < 1.29 is 9.52 Å². The molecular weight excluding hydrogens is 230 g/mol. The van der Waals surface area contributed by atoms with Crippen LogP contribution in [0.1, 0.15) is 18.3 Å². The Morgan fingerprint density at radius 3 is 2.61 bits per heavy atom. The van der Waals surface area contributed by atoms with E-state index in [1.807, 2.05) is 12.1 Å². The summed E-state index contributed by atoms with van der Waals surface area (Å²) >= 11 is 0. The highest BCUT2D eigenvalue weighted by Gasteiger charge is 2.20. The molecule has 1 atom stereocenters. The zero-order chi connectivity index (χ0) is 12.8. The molecule has 0 spiro atoms. The molecular formula is C13H23N3O2. The van der Waals surface area contributed by atoms with Crippen molar-refractivity contribution in [3.8, 4) is 0 Å². The van der Waals surface area contributed by atoms with E-state index in [0.717, 1.165) is 45.7 Å². The molecule has 0 saturated carbocycles. The Morgan fingerprint density at radius 2 is 2.00 bits per heavy atom. The number of hydrogen-bond acceptors (Lipinski definition) is 5. The normalized spacial score (nSPS) is 20.1. The van der Waals surface area contributed by atoms with E-state index < -0.39 is 6.10 Å². The highest BCUT2D eigenvalue weighted by Crippen LogP contribution is 2.15. The van der Waals surface area contributed by atoms with Gasteiger partial charge in [0.25, 0.3) is 0 Å². The summed E-state index contributed by atoms with van der Waals surface area (Å²) in [5.41, 5.74) is 5.51. The average molecular weight is 253 g/mol. The van der Waals surface area contributed by atoms with E-state index in [9.17, 15) is 5.11 Å². The summed E-state index contributed by atoms with van der Waals surface area (Å²) in [4.78, 5) is 4.72. The number of nitrogens with zero attached hydrogens (tertiary/aromatic N) is 2. The highest BCUT2D eigenvalue weighted by atomic mass is 16.4. The van der Waals surface area contributed by atoms with Gasteiger partial charge in [-0.25, -0.2) is 0 Å². The van der Waals surface area contributed by atoms with Crippen LogP contribution in [-0.4, -0.2) is 60.7 Å². The largest absolute Gasteiger partial charge is 0.467 e. The third-order valence-electron chi connectivity index (χ3n) is 3.45. The summed E-state index contributed by atoms with van der Waals surface area (Å²) in [6.45, 7) is 6.63. The number of nitrogens with two attached hydrogens (primary N) is 1. The average Bonchev–Trinajstić information content (AvgIpc) is 2.92. The van der Waals surface area contributed by atoms with Gasteiger partial charge in [0.05, 0.1) is 6.26 Å². The van der Waals surface area contributed by atoms with Crippen LogP contribution < -0.4 is 5.73 Å². The van der Waals surface area contributed by atoms with Crippen LogP contribution in [0, 0.1) is 0 Å². The Balaban J connectivity index is 1.70. The molecule has 5 nitrogen and oxygen atoms in total. The SMILES string of the molecule is NCCCN1CCN(CC(O)c2ccco2)CC1. The topological polar surface area (TPSA) is 65.9 Å². The molecule has 1 aliphatic rings. The van der Waals surface area contributed by atoms with E-state index in [-0.39, 0.29) is 0 Å². The second-order valence-electron chi connectivity index (χ2n) is 4.82. The predicted octanol–water partition coefficient (Wildman–Crippen LogP) is 0.279. The van der Waals surface area contributed by atoms with Crippen LogP contribution in [0.5, 0.6) is 0 Å². The number of β-amino-alcohol motifs (C(OH)–C–C–N with tert-alkyl or cyclic N) is 1. The number of piperazine rings is 1. The van der Waals surface area contributed by atoms with Crippen LogP contribution in [0.25, 0.3) is 0 Å². The summed E-state index contributed by atoms with van der Waals surface area (Å²) in [6.07, 6.45) is 2.15. The minimum absolute atomic E-state index is 0.518. The number of hydrogen-bond donors (Lipinski definition) is 2. The molecule has 3 N–H and O–H groups in total. The molecule has 1 fully saturated rings. The molecule has 1 unspecified atom stereocenters. The third kappa shape index (κ3) is 3.81. The van der Waals surface area contributed by atoms with Crippen molar-refractivity contribution in [2.45, 2.75) is 12.5 Å². The maximum atomic E-state index is 10.0. The predicted molar refractivity (Wildman–Crippen MR) is 70.2 cm³/mol. The standard InChI is InChI=1S/C13H23N3O2/c14-4-2-5-15-6-8-16(9-7-15)11-12(17)13-3-1-10-18-13/h1,3,10,12,17H,2,4-9,11,14H2. The van der Waals surface area contributed by atoms with Gasteiger partial charge in [-0.05, 0) is 31.6 Å². The highest BCUT2D eigenvalue weighted by molar-refractivity contribution is 5.02. The number of rotatable bonds is 6. The van der Waals surface area contributed by atoms with E-state index in [1.165, 1.54) is 0 Å². The van der Waals surface area contributed by atoms with Crippen LogP contribution in [0.15, 0.2) is 22.8 Å². The second-order valence-corrected chi connectivity index (χ2v) is 4.82. The molecule has 2 heterocycles. The number of furan rings is 1. The van der Waals surface area contributed by atoms with Crippen LogP contribution in [0.4, 0.5) is 0 Å². The van der Waals surface area contributed by atoms with E-state index in [1.54, 1.807) is 6.26 Å². The minimum atomic E-state index is -0.518. The van der Waals surface area contributed by atoms with Crippen LogP contribution in [-0.2, 0) is 0 Å². The summed E-state index contributed by atoms with van der Waals surface area (Å²) < 4.78 is 5.21. The molecule has 1 saturated heterocycles. The van der Waals surface area contributed by atoms with Crippen molar-refractivity contribution in [1.82, 2.24) is 9.80 Å². The van der Waals surface area contributed by atoms with Gasteiger partial charge in [-0.3, -0.25) is 4.90 Å². The fourth-order valence-electron chi connectivity index (χ4n) is 2.33. The van der Waals surface area contributed by atoms with Crippen molar-refractivity contribution in [2.24, 2.45) is 5.73 Å². The first kappa shape index (κ1) is 13.5. The number of aliphatic hydroxyl groups excluding tert-OH is 1. The van der Waals surface area contributed by atoms with Crippen LogP contribution in [0.3, 0.4) is 0 Å². The molecule has 5 heteroatoms. The van der Waals surface area contributed by atoms with E-state index >= 15 is 0 Å². The molecule has 18 heavy (non-hydrogen) atoms. The molecule has 0 amide bonds. The summed E-state index contributed by atoms with van der Waals surface area (Å²) in [5, 5.41) is 10.0. The van der Waals surface area contributed by atoms with Gasteiger partial charge >= 0.3 is 0 Å². The minimum Gasteiger partial charge on any atom is -0.467 e. The van der Waals surface area contributed by atoms with Gasteiger partial charge in [-0.1, -0.05) is 0 Å². The van der Waals surface area contributed by atoms with E-state index in [4.69, 9.17) is 10.2 Å². The Labute approximate surface area is 108 Å². The zero-order valence-corrected chi connectivity index (χ0v) is 10.8. The molecule has 1 aliphatic heterocycles. The van der Waals surface area contributed by atoms with Gasteiger partial charge in [-0.2, -0.15) is 0 Å². The Morgan fingerprint density at radius 1 is 1.28 bits per heavy atom. The van der Waals surface area contributed by atoms with E-state index in [2.05, 4.69) is 9.80 Å². The van der Waals surface area contributed by atoms with Crippen molar-refractivity contribution in [3.05, 3.63) is 24.2 Å². The van der Waals surface area contributed by atoms with Crippen molar-refractivity contribution in [2.75, 3.05) is 45.8 Å². The van der Waals surface area contributed by atoms with Gasteiger partial charge in [0, 0.05) is 32.7 Å². The van der Waals surface area contributed by atoms with Gasteiger partial charge in [0.15, 0.2) is 0 Å². The first-order chi connectivity index (χ1) is 8.79. The zero-order valence-electron chi connectivity index (χ0n) is 10.8. The molecule has 1 aromatic rings. The van der Waals surface area contributed by atoms with E-state index in [0.29, 0.717) is 12.3 Å². The lowest BCUT2D eigenvalue weighted by Gasteiger charge is -2.35. The first-order valence-electron chi connectivity index (χ1n) is 6.66. The molecule has 1 aromatic heterocycles. The van der Waals surface area contributed by atoms with Gasteiger partial charge < -0.3 is 20.2 Å². The lowest BCUT2D eigenvalue weighted by molar-refractivity contribution is 0.0617. The summed E-state index contributed by atoms with van der Waals surface area (Å²) in [5.74, 6) is 0.653. The van der Waals surface area contributed by atoms with Crippen molar-refractivity contribution in [3.63, 3.8) is 0 Å². The Hall–Kier alpha value is -0.880. The summed E-state index contributed by atoms with van der Waals surface area (Å²) in [6, 6.07) is 3.63. The molecule has 0 aliphatic carbocycles. The fraction of sp³-hybridized carbons (Fsp3) is 0.692. The molecule has 0 aromatic carbocycles. The number of aliphatic hydroxyl groups is 1. The molecule has 102 valence electrons. The van der Waals surface area contributed by atoms with Crippen molar-refractivity contribution >= 4 is 0 Å². The molecule has 2 rings (SSSR count). The van der Waals surface area contributed by atoms with Gasteiger partial charge in [-0.15, -0.1) is 0 Å². The lowest BCUT2D eigenvalue weighted by atomic mass is 10.2. The first-order valence-corrected chi connectivity index (χ1v) is 6.66. The lowest BCUT2D eigenvalue weighted by Crippen LogP contribution is -2.47. The van der Waals surface area contributed by atoms with Gasteiger partial charge in [0.1, 0.15) is 11.9 Å². The molecule has 0 radical (unpaired) electrons. The maximum absolute atomic E-state index is 10.0. The molecule has 0 bridgehead atoms. The van der Waals surface area contributed by atoms with Crippen LogP contribution >= 0.6 is 0 Å². The van der Waals surface area contributed by atoms with Gasteiger partial charge in [0.2, 0.25) is 0 Å². The smallest absolute Gasteiger partial charge is 0.133 e. The third-order valence-corrected chi connectivity index (χ3v) is 3.45. The Kier molecular flexibility index (Phi) is 5.19. The Bertz CT molecular complexity index is 321. The second kappa shape index (κ2) is 6.89. The quantitative estimate of drug-likeness (QED) is 0.762. The maximum Gasteiger partial charge on any atom is 0.133 e.